The Morgan fingerprint density at radius 1 is 1.39 bits per heavy atom. The molecule has 0 unspecified atom stereocenters. The van der Waals surface area contributed by atoms with Crippen molar-refractivity contribution in [1.29, 1.82) is 0 Å². The van der Waals surface area contributed by atoms with E-state index in [0.717, 1.165) is 50.2 Å². The SMILES string of the molecule is CCN1CC[C@@]2(c3cccc(O)c3)Cc3[nH]c(C(=O)OCC(C)C)c(C)c3C[C@@H]2C1.Cl. The highest BCUT2D eigenvalue weighted by atomic mass is 35.5. The molecule has 0 radical (unpaired) electrons. The maximum absolute atomic E-state index is 12.7. The van der Waals surface area contributed by atoms with Crippen molar-refractivity contribution in [3.05, 3.63) is 52.3 Å². The average molecular weight is 447 g/mol. The number of carbonyl (C=O) groups is 1. The number of halogens is 1. The first-order valence-corrected chi connectivity index (χ1v) is 11.2. The molecule has 31 heavy (non-hydrogen) atoms. The molecule has 2 aromatic rings. The minimum Gasteiger partial charge on any atom is -0.508 e. The molecule has 5 nitrogen and oxygen atoms in total. The van der Waals surface area contributed by atoms with Crippen LogP contribution in [0.25, 0.3) is 0 Å². The molecule has 0 amide bonds. The van der Waals surface area contributed by atoms with E-state index in [1.54, 1.807) is 6.07 Å². The number of aromatic nitrogens is 1. The number of fused-ring (bicyclic) bond motifs is 2. The zero-order valence-electron chi connectivity index (χ0n) is 19.0. The highest BCUT2D eigenvalue weighted by molar-refractivity contribution is 5.90. The molecule has 0 saturated carbocycles. The molecule has 1 aromatic heterocycles. The number of piperidine rings is 1. The van der Waals surface area contributed by atoms with Crippen molar-refractivity contribution in [2.75, 3.05) is 26.2 Å². The Hall–Kier alpha value is -1.98. The largest absolute Gasteiger partial charge is 0.508 e. The Balaban J connectivity index is 0.00000272. The van der Waals surface area contributed by atoms with Crippen LogP contribution in [-0.4, -0.2) is 47.2 Å². The van der Waals surface area contributed by atoms with Gasteiger partial charge in [-0.25, -0.2) is 4.79 Å². The van der Waals surface area contributed by atoms with Crippen LogP contribution in [0.4, 0.5) is 0 Å². The summed E-state index contributed by atoms with van der Waals surface area (Å²) in [5.74, 6) is 0.843. The van der Waals surface area contributed by atoms with Gasteiger partial charge in [-0.3, -0.25) is 0 Å². The number of phenols is 1. The summed E-state index contributed by atoms with van der Waals surface area (Å²) in [7, 11) is 0. The molecule has 1 saturated heterocycles. The number of nitrogens with one attached hydrogen (secondary N) is 1. The average Bonchev–Trinajstić information content (AvgIpc) is 3.05. The van der Waals surface area contributed by atoms with Crippen LogP contribution in [0.15, 0.2) is 24.3 Å². The minimum absolute atomic E-state index is 0. The molecule has 1 aliphatic carbocycles. The lowest BCUT2D eigenvalue weighted by molar-refractivity contribution is 0.0451. The van der Waals surface area contributed by atoms with E-state index in [1.807, 2.05) is 32.9 Å². The van der Waals surface area contributed by atoms with Crippen LogP contribution in [-0.2, 0) is 23.0 Å². The number of ether oxygens (including phenoxy) is 1. The number of rotatable bonds is 5. The summed E-state index contributed by atoms with van der Waals surface area (Å²) >= 11 is 0. The number of nitrogens with zero attached hydrogens (tertiary/aromatic N) is 1. The van der Waals surface area contributed by atoms with Crippen LogP contribution >= 0.6 is 12.4 Å². The van der Waals surface area contributed by atoms with E-state index in [1.165, 1.54) is 11.1 Å². The van der Waals surface area contributed by atoms with Crippen LogP contribution in [0, 0.1) is 18.8 Å². The monoisotopic (exact) mass is 446 g/mol. The van der Waals surface area contributed by atoms with Crippen molar-refractivity contribution in [1.82, 2.24) is 9.88 Å². The molecular weight excluding hydrogens is 412 g/mol. The first kappa shape index (κ1) is 23.7. The Labute approximate surface area is 191 Å². The maximum atomic E-state index is 12.7. The third-order valence-corrected chi connectivity index (χ3v) is 7.16. The van der Waals surface area contributed by atoms with E-state index in [4.69, 9.17) is 4.74 Å². The lowest BCUT2D eigenvalue weighted by Crippen LogP contribution is -2.53. The van der Waals surface area contributed by atoms with Crippen molar-refractivity contribution < 1.29 is 14.6 Å². The van der Waals surface area contributed by atoms with E-state index in [-0.39, 0.29) is 23.8 Å². The molecule has 2 heterocycles. The van der Waals surface area contributed by atoms with Gasteiger partial charge in [0.15, 0.2) is 0 Å². The van der Waals surface area contributed by atoms with Gasteiger partial charge in [0.2, 0.25) is 0 Å². The molecule has 0 spiro atoms. The third-order valence-electron chi connectivity index (χ3n) is 7.16. The van der Waals surface area contributed by atoms with Gasteiger partial charge >= 0.3 is 5.97 Å². The summed E-state index contributed by atoms with van der Waals surface area (Å²) in [6.07, 6.45) is 2.87. The molecule has 170 valence electrons. The molecule has 1 aromatic carbocycles. The fourth-order valence-corrected chi connectivity index (χ4v) is 5.42. The second-order valence-corrected chi connectivity index (χ2v) is 9.50. The highest BCUT2D eigenvalue weighted by Crippen LogP contribution is 2.49. The molecule has 1 aliphatic heterocycles. The van der Waals surface area contributed by atoms with Crippen LogP contribution < -0.4 is 0 Å². The second-order valence-electron chi connectivity index (χ2n) is 9.50. The molecule has 2 aliphatic rings. The van der Waals surface area contributed by atoms with E-state index < -0.39 is 0 Å². The summed E-state index contributed by atoms with van der Waals surface area (Å²) in [4.78, 5) is 18.7. The predicted molar refractivity (Wildman–Crippen MR) is 125 cm³/mol. The van der Waals surface area contributed by atoms with Gasteiger partial charge in [0.25, 0.3) is 0 Å². The van der Waals surface area contributed by atoms with Crippen LogP contribution in [0.2, 0.25) is 0 Å². The van der Waals surface area contributed by atoms with Crippen molar-refractivity contribution in [3.63, 3.8) is 0 Å². The van der Waals surface area contributed by atoms with Crippen molar-refractivity contribution >= 4 is 18.4 Å². The van der Waals surface area contributed by atoms with E-state index in [0.29, 0.717) is 29.9 Å². The quantitative estimate of drug-likeness (QED) is 0.656. The molecule has 0 bridgehead atoms. The Bertz CT molecular complexity index is 939. The topological polar surface area (TPSA) is 65.6 Å². The lowest BCUT2D eigenvalue weighted by Gasteiger charge is -2.51. The van der Waals surface area contributed by atoms with Crippen molar-refractivity contribution in [3.8, 4) is 5.75 Å². The summed E-state index contributed by atoms with van der Waals surface area (Å²) in [6.45, 7) is 11.9. The maximum Gasteiger partial charge on any atom is 0.355 e. The summed E-state index contributed by atoms with van der Waals surface area (Å²) in [6, 6.07) is 7.79. The van der Waals surface area contributed by atoms with Gasteiger partial charge < -0.3 is 19.7 Å². The molecule has 2 N–H and O–H groups in total. The normalized spacial score (nSPS) is 23.1. The van der Waals surface area contributed by atoms with Gasteiger partial charge in [-0.15, -0.1) is 12.4 Å². The van der Waals surface area contributed by atoms with Crippen molar-refractivity contribution in [2.24, 2.45) is 11.8 Å². The van der Waals surface area contributed by atoms with E-state index in [9.17, 15) is 9.90 Å². The number of H-pyrrole nitrogens is 1. The third kappa shape index (κ3) is 4.35. The summed E-state index contributed by atoms with van der Waals surface area (Å²) < 4.78 is 5.52. The number of aromatic hydroxyl groups is 1. The molecule has 2 atom stereocenters. The standard InChI is InChI=1S/C25H34N2O3.ClH/c1-5-27-10-9-25(18-7-6-8-20(28)11-18)13-22-21(12-19(25)14-27)17(4)23(26-22)24(29)30-15-16(2)3;/h6-8,11,16,19,26,28H,5,9-10,12-15H2,1-4H3;1H/t19-,25+;/m1./s1. The van der Waals surface area contributed by atoms with Gasteiger partial charge in [0.05, 0.1) is 6.61 Å². The fraction of sp³-hybridized carbons (Fsp3) is 0.560. The van der Waals surface area contributed by atoms with Gasteiger partial charge in [0, 0.05) is 17.7 Å². The van der Waals surface area contributed by atoms with Gasteiger partial charge in [-0.2, -0.15) is 0 Å². The van der Waals surface area contributed by atoms with Crippen LogP contribution in [0.1, 0.15) is 60.1 Å². The zero-order chi connectivity index (χ0) is 21.5. The summed E-state index contributed by atoms with van der Waals surface area (Å²) in [5.41, 5.74) is 5.28. The number of hydrogen-bond donors (Lipinski definition) is 2. The van der Waals surface area contributed by atoms with Gasteiger partial charge in [-0.05, 0) is 79.9 Å². The molecule has 4 rings (SSSR count). The Morgan fingerprint density at radius 3 is 2.84 bits per heavy atom. The van der Waals surface area contributed by atoms with Crippen LogP contribution in [0.3, 0.4) is 0 Å². The zero-order valence-corrected chi connectivity index (χ0v) is 19.8. The second kappa shape index (κ2) is 9.25. The summed E-state index contributed by atoms with van der Waals surface area (Å²) in [5, 5.41) is 10.2. The van der Waals surface area contributed by atoms with E-state index in [2.05, 4.69) is 22.9 Å². The number of esters is 1. The first-order valence-electron chi connectivity index (χ1n) is 11.2. The lowest BCUT2D eigenvalue weighted by atomic mass is 9.58. The van der Waals surface area contributed by atoms with Crippen molar-refractivity contribution in [2.45, 2.75) is 52.4 Å². The molecular formula is C25H35ClN2O3. The van der Waals surface area contributed by atoms with Gasteiger partial charge in [-0.1, -0.05) is 32.9 Å². The Kier molecular flexibility index (Phi) is 7.07. The van der Waals surface area contributed by atoms with Gasteiger partial charge in [0.1, 0.15) is 11.4 Å². The number of benzene rings is 1. The predicted octanol–water partition coefficient (Wildman–Crippen LogP) is 4.64. The highest BCUT2D eigenvalue weighted by Gasteiger charge is 2.48. The molecule has 6 heteroatoms. The smallest absolute Gasteiger partial charge is 0.355 e. The number of phenolic OH excluding ortho intramolecular Hbond substituents is 1. The fourth-order valence-electron chi connectivity index (χ4n) is 5.42. The Morgan fingerprint density at radius 2 is 2.16 bits per heavy atom. The van der Waals surface area contributed by atoms with E-state index >= 15 is 0 Å². The number of carbonyl (C=O) groups excluding carboxylic acids is 1. The van der Waals surface area contributed by atoms with Crippen LogP contribution in [0.5, 0.6) is 5.75 Å². The molecule has 1 fully saturated rings. The number of aromatic amines is 1. The minimum atomic E-state index is -0.250. The first-order chi connectivity index (χ1) is 14.3. The number of likely N-dealkylation sites (tertiary alicyclic amines) is 1. The number of hydrogen-bond acceptors (Lipinski definition) is 4.